The van der Waals surface area contributed by atoms with E-state index in [-0.39, 0.29) is 11.8 Å². The lowest BCUT2D eigenvalue weighted by Crippen LogP contribution is -2.34. The van der Waals surface area contributed by atoms with E-state index in [0.29, 0.717) is 25.1 Å². The van der Waals surface area contributed by atoms with Gasteiger partial charge >= 0.3 is 0 Å². The number of hydrogen-bond acceptors (Lipinski definition) is 3. The average Bonchev–Trinajstić information content (AvgIpc) is 3.10. The lowest BCUT2D eigenvalue weighted by molar-refractivity contribution is -0.126. The molecule has 0 unspecified atom stereocenters. The summed E-state index contributed by atoms with van der Waals surface area (Å²) in [6.07, 6.45) is 9.78. The first-order chi connectivity index (χ1) is 11.8. The number of rotatable bonds is 6. The van der Waals surface area contributed by atoms with Crippen molar-refractivity contribution in [3.05, 3.63) is 29.8 Å². The Labute approximate surface area is 145 Å². The van der Waals surface area contributed by atoms with Crippen molar-refractivity contribution in [3.63, 3.8) is 0 Å². The highest BCUT2D eigenvalue weighted by Gasteiger charge is 2.31. The monoisotopic (exact) mass is 330 g/mol. The van der Waals surface area contributed by atoms with Crippen LogP contribution in [0.1, 0.15) is 56.9 Å². The molecule has 0 bridgehead atoms. The zero-order valence-corrected chi connectivity index (χ0v) is 14.5. The predicted molar refractivity (Wildman–Crippen MR) is 95.7 cm³/mol. The second kappa shape index (κ2) is 8.52. The zero-order valence-electron chi connectivity index (χ0n) is 14.5. The third-order valence-corrected chi connectivity index (χ3v) is 5.54. The highest BCUT2D eigenvalue weighted by molar-refractivity contribution is 5.79. The van der Waals surface area contributed by atoms with Crippen LogP contribution in [-0.4, -0.2) is 18.6 Å². The number of carbonyl (C=O) groups is 1. The Hall–Kier alpha value is -1.55. The Morgan fingerprint density at radius 3 is 2.50 bits per heavy atom. The van der Waals surface area contributed by atoms with Gasteiger partial charge in [0, 0.05) is 12.5 Å². The van der Waals surface area contributed by atoms with Crippen LogP contribution >= 0.6 is 0 Å². The molecule has 4 nitrogen and oxygen atoms in total. The fourth-order valence-corrected chi connectivity index (χ4v) is 4.05. The van der Waals surface area contributed by atoms with Gasteiger partial charge in [0.2, 0.25) is 5.91 Å². The van der Waals surface area contributed by atoms with E-state index >= 15 is 0 Å². The molecule has 2 atom stereocenters. The summed E-state index contributed by atoms with van der Waals surface area (Å²) in [5.41, 5.74) is 6.88. The second-order valence-corrected chi connectivity index (χ2v) is 7.27. The molecule has 2 aliphatic carbocycles. The van der Waals surface area contributed by atoms with Gasteiger partial charge in [0.05, 0.1) is 6.10 Å². The quantitative estimate of drug-likeness (QED) is 0.840. The second-order valence-electron chi connectivity index (χ2n) is 7.27. The Kier molecular flexibility index (Phi) is 6.13. The van der Waals surface area contributed by atoms with E-state index in [4.69, 9.17) is 10.5 Å². The SMILES string of the molecule is NC[C@H]1CCC[C@H]1C(=O)NCc1ccc(OC2CCCCC2)cc1. The number of benzene rings is 1. The van der Waals surface area contributed by atoms with Crippen molar-refractivity contribution >= 4 is 5.91 Å². The predicted octanol–water partition coefficient (Wildman–Crippen LogP) is 3.39. The first-order valence-corrected chi connectivity index (χ1v) is 9.49. The first-order valence-electron chi connectivity index (χ1n) is 9.49. The van der Waals surface area contributed by atoms with E-state index < -0.39 is 0 Å². The molecule has 2 fully saturated rings. The summed E-state index contributed by atoms with van der Waals surface area (Å²) in [7, 11) is 0. The topological polar surface area (TPSA) is 64.4 Å². The molecule has 0 aromatic heterocycles. The van der Waals surface area contributed by atoms with Gasteiger partial charge in [-0.15, -0.1) is 0 Å². The summed E-state index contributed by atoms with van der Waals surface area (Å²) in [4.78, 5) is 12.3. The molecule has 24 heavy (non-hydrogen) atoms. The van der Waals surface area contributed by atoms with Gasteiger partial charge in [-0.3, -0.25) is 4.79 Å². The van der Waals surface area contributed by atoms with Crippen molar-refractivity contribution in [2.75, 3.05) is 6.54 Å². The van der Waals surface area contributed by atoms with Crippen LogP contribution in [0, 0.1) is 11.8 Å². The summed E-state index contributed by atoms with van der Waals surface area (Å²) in [6, 6.07) is 8.14. The fourth-order valence-electron chi connectivity index (χ4n) is 4.05. The first kappa shape index (κ1) is 17.3. The molecule has 3 N–H and O–H groups in total. The minimum absolute atomic E-state index is 0.101. The van der Waals surface area contributed by atoms with Crippen LogP contribution in [0.5, 0.6) is 5.75 Å². The van der Waals surface area contributed by atoms with Crippen LogP contribution in [0.3, 0.4) is 0 Å². The van der Waals surface area contributed by atoms with Gasteiger partial charge in [-0.25, -0.2) is 0 Å². The molecule has 0 saturated heterocycles. The molecule has 4 heteroatoms. The summed E-state index contributed by atoms with van der Waals surface area (Å²) in [6.45, 7) is 1.20. The lowest BCUT2D eigenvalue weighted by atomic mass is 9.95. The van der Waals surface area contributed by atoms with Gasteiger partial charge in [-0.05, 0) is 68.7 Å². The molecule has 132 valence electrons. The molecule has 1 aromatic rings. The molecule has 2 aliphatic rings. The largest absolute Gasteiger partial charge is 0.490 e. The van der Waals surface area contributed by atoms with Gasteiger partial charge in [-0.2, -0.15) is 0 Å². The van der Waals surface area contributed by atoms with E-state index in [1.807, 2.05) is 24.3 Å². The number of amides is 1. The van der Waals surface area contributed by atoms with E-state index in [0.717, 1.165) is 30.6 Å². The van der Waals surface area contributed by atoms with E-state index in [1.54, 1.807) is 0 Å². The van der Waals surface area contributed by atoms with E-state index in [1.165, 1.54) is 32.1 Å². The van der Waals surface area contributed by atoms with Crippen LogP contribution in [0.15, 0.2) is 24.3 Å². The molecular formula is C20H30N2O2. The van der Waals surface area contributed by atoms with Crippen molar-refractivity contribution in [1.82, 2.24) is 5.32 Å². The number of nitrogens with two attached hydrogens (primary N) is 1. The van der Waals surface area contributed by atoms with E-state index in [2.05, 4.69) is 5.32 Å². The molecule has 0 heterocycles. The maximum atomic E-state index is 12.3. The molecule has 1 aromatic carbocycles. The van der Waals surface area contributed by atoms with Gasteiger partial charge in [0.25, 0.3) is 0 Å². The van der Waals surface area contributed by atoms with Gasteiger partial charge < -0.3 is 15.8 Å². The summed E-state index contributed by atoms with van der Waals surface area (Å²) >= 11 is 0. The normalized spacial score (nSPS) is 24.7. The highest BCUT2D eigenvalue weighted by atomic mass is 16.5. The van der Waals surface area contributed by atoms with Crippen LogP contribution in [0.25, 0.3) is 0 Å². The number of hydrogen-bond donors (Lipinski definition) is 2. The maximum absolute atomic E-state index is 12.3. The number of ether oxygens (including phenoxy) is 1. The van der Waals surface area contributed by atoms with Gasteiger partial charge in [0.1, 0.15) is 5.75 Å². The summed E-state index contributed by atoms with van der Waals surface area (Å²) in [5.74, 6) is 1.56. The number of carbonyl (C=O) groups excluding carboxylic acids is 1. The van der Waals surface area contributed by atoms with Gasteiger partial charge in [0.15, 0.2) is 0 Å². The third kappa shape index (κ3) is 4.50. The van der Waals surface area contributed by atoms with Crippen LogP contribution in [-0.2, 0) is 11.3 Å². The van der Waals surface area contributed by atoms with Crippen LogP contribution in [0.4, 0.5) is 0 Å². The minimum atomic E-state index is 0.101. The van der Waals surface area contributed by atoms with Crippen molar-refractivity contribution in [2.24, 2.45) is 17.6 Å². The van der Waals surface area contributed by atoms with Gasteiger partial charge in [-0.1, -0.05) is 25.0 Å². The molecule has 3 rings (SSSR count). The number of nitrogens with one attached hydrogen (secondary N) is 1. The Bertz CT molecular complexity index is 523. The van der Waals surface area contributed by atoms with Crippen molar-refractivity contribution < 1.29 is 9.53 Å². The molecule has 0 radical (unpaired) electrons. The average molecular weight is 330 g/mol. The highest BCUT2D eigenvalue weighted by Crippen LogP contribution is 2.31. The minimum Gasteiger partial charge on any atom is -0.490 e. The third-order valence-electron chi connectivity index (χ3n) is 5.54. The molecule has 1 amide bonds. The molecule has 2 saturated carbocycles. The Morgan fingerprint density at radius 2 is 1.79 bits per heavy atom. The fraction of sp³-hybridized carbons (Fsp3) is 0.650. The van der Waals surface area contributed by atoms with Crippen molar-refractivity contribution in [1.29, 1.82) is 0 Å². The lowest BCUT2D eigenvalue weighted by Gasteiger charge is -2.23. The van der Waals surface area contributed by atoms with Crippen LogP contribution in [0.2, 0.25) is 0 Å². The zero-order chi connectivity index (χ0) is 16.8. The van der Waals surface area contributed by atoms with Crippen molar-refractivity contribution in [3.8, 4) is 5.75 Å². The summed E-state index contributed by atoms with van der Waals surface area (Å²) < 4.78 is 6.04. The smallest absolute Gasteiger partial charge is 0.223 e. The summed E-state index contributed by atoms with van der Waals surface area (Å²) in [5, 5.41) is 3.07. The molecule has 0 aliphatic heterocycles. The standard InChI is InChI=1S/C20H30N2O2/c21-13-16-5-4-8-19(16)20(23)22-14-15-9-11-18(12-10-15)24-17-6-2-1-3-7-17/h9-12,16-17,19H,1-8,13-14,21H2,(H,22,23)/t16-,19-/m1/s1. The van der Waals surface area contributed by atoms with E-state index in [9.17, 15) is 4.79 Å². The Balaban J connectivity index is 1.46. The maximum Gasteiger partial charge on any atom is 0.223 e. The van der Waals surface area contributed by atoms with Crippen molar-refractivity contribution in [2.45, 2.75) is 64.0 Å². The Morgan fingerprint density at radius 1 is 1.04 bits per heavy atom. The molecular weight excluding hydrogens is 300 g/mol. The van der Waals surface area contributed by atoms with Crippen LogP contribution < -0.4 is 15.8 Å². The molecule has 0 spiro atoms.